The first-order chi connectivity index (χ1) is 9.55. The summed E-state index contributed by atoms with van der Waals surface area (Å²) in [7, 11) is 0. The fourth-order valence-electron chi connectivity index (χ4n) is 2.42. The van der Waals surface area contributed by atoms with Crippen molar-refractivity contribution in [3.63, 3.8) is 0 Å². The SMILES string of the molecule is CC(C)NC(CO)(Cn1cc(Cl)cn1)c1ccccc1. The molecule has 0 fully saturated rings. The van der Waals surface area contributed by atoms with Gasteiger partial charge in [-0.1, -0.05) is 41.9 Å². The minimum atomic E-state index is -0.579. The number of aliphatic hydroxyl groups is 1. The van der Waals surface area contributed by atoms with Crippen LogP contribution in [0.15, 0.2) is 42.7 Å². The average Bonchev–Trinajstić information content (AvgIpc) is 2.83. The Morgan fingerprint density at radius 3 is 2.55 bits per heavy atom. The third-order valence-electron chi connectivity index (χ3n) is 3.19. The number of aliphatic hydroxyl groups excluding tert-OH is 1. The van der Waals surface area contributed by atoms with Crippen molar-refractivity contribution in [3.8, 4) is 0 Å². The van der Waals surface area contributed by atoms with E-state index in [4.69, 9.17) is 11.6 Å². The van der Waals surface area contributed by atoms with Crippen LogP contribution < -0.4 is 5.32 Å². The Kier molecular flexibility index (Phi) is 4.81. The van der Waals surface area contributed by atoms with Gasteiger partial charge in [0, 0.05) is 12.2 Å². The van der Waals surface area contributed by atoms with Crippen molar-refractivity contribution < 1.29 is 5.11 Å². The van der Waals surface area contributed by atoms with Crippen molar-refractivity contribution in [2.45, 2.75) is 32.0 Å². The smallest absolute Gasteiger partial charge is 0.0869 e. The van der Waals surface area contributed by atoms with Crippen LogP contribution in [0.5, 0.6) is 0 Å². The number of rotatable bonds is 6. The van der Waals surface area contributed by atoms with E-state index in [2.05, 4.69) is 24.3 Å². The molecule has 0 bridgehead atoms. The molecule has 4 nitrogen and oxygen atoms in total. The highest BCUT2D eigenvalue weighted by molar-refractivity contribution is 6.30. The summed E-state index contributed by atoms with van der Waals surface area (Å²) >= 11 is 5.92. The number of halogens is 1. The molecule has 20 heavy (non-hydrogen) atoms. The molecule has 0 amide bonds. The molecule has 2 rings (SSSR count). The second kappa shape index (κ2) is 6.39. The second-order valence-electron chi connectivity index (χ2n) is 5.26. The largest absolute Gasteiger partial charge is 0.394 e. The third-order valence-corrected chi connectivity index (χ3v) is 3.39. The van der Waals surface area contributed by atoms with Crippen molar-refractivity contribution in [3.05, 3.63) is 53.3 Å². The van der Waals surface area contributed by atoms with Gasteiger partial charge < -0.3 is 10.4 Å². The maximum absolute atomic E-state index is 10.0. The average molecular weight is 294 g/mol. The number of nitrogens with zero attached hydrogens (tertiary/aromatic N) is 2. The molecule has 0 aliphatic rings. The highest BCUT2D eigenvalue weighted by Gasteiger charge is 2.32. The van der Waals surface area contributed by atoms with Crippen LogP contribution in [0.25, 0.3) is 0 Å². The summed E-state index contributed by atoms with van der Waals surface area (Å²) in [6, 6.07) is 10.2. The number of aromatic nitrogens is 2. The lowest BCUT2D eigenvalue weighted by atomic mass is 9.89. The normalized spacial score (nSPS) is 14.4. The Morgan fingerprint density at radius 1 is 1.35 bits per heavy atom. The number of nitrogens with one attached hydrogen (secondary N) is 1. The molecule has 0 aliphatic carbocycles. The summed E-state index contributed by atoms with van der Waals surface area (Å²) in [5.41, 5.74) is 0.452. The molecule has 1 atom stereocenters. The maximum atomic E-state index is 10.0. The fraction of sp³-hybridized carbons (Fsp3) is 0.400. The highest BCUT2D eigenvalue weighted by atomic mass is 35.5. The zero-order valence-corrected chi connectivity index (χ0v) is 12.5. The van der Waals surface area contributed by atoms with Crippen LogP contribution in [-0.4, -0.2) is 27.5 Å². The molecule has 5 heteroatoms. The van der Waals surface area contributed by atoms with E-state index in [-0.39, 0.29) is 12.6 Å². The molecule has 2 aromatic rings. The van der Waals surface area contributed by atoms with Gasteiger partial charge in [-0.25, -0.2) is 0 Å². The molecule has 0 spiro atoms. The standard InChI is InChI=1S/C15H20ClN3O/c1-12(2)18-15(11-20,13-6-4-3-5-7-13)10-19-9-14(16)8-17-19/h3-9,12,18,20H,10-11H2,1-2H3. The molecule has 1 unspecified atom stereocenters. The molecule has 0 saturated carbocycles. The topological polar surface area (TPSA) is 50.1 Å². The quantitative estimate of drug-likeness (QED) is 0.860. The summed E-state index contributed by atoms with van der Waals surface area (Å²) in [5, 5.41) is 18.3. The molecule has 1 heterocycles. The van der Waals surface area contributed by atoms with Crippen LogP contribution in [0.4, 0.5) is 0 Å². The van der Waals surface area contributed by atoms with E-state index >= 15 is 0 Å². The molecular formula is C15H20ClN3O. The van der Waals surface area contributed by atoms with Crippen molar-refractivity contribution in [1.29, 1.82) is 0 Å². The van der Waals surface area contributed by atoms with Gasteiger partial charge in [-0.05, 0) is 19.4 Å². The van der Waals surface area contributed by atoms with E-state index in [0.717, 1.165) is 5.56 Å². The Labute approximate surface area is 124 Å². The summed E-state index contributed by atoms with van der Waals surface area (Å²) in [4.78, 5) is 0. The Morgan fingerprint density at radius 2 is 2.05 bits per heavy atom. The van der Waals surface area contributed by atoms with E-state index in [0.29, 0.717) is 11.6 Å². The van der Waals surface area contributed by atoms with Crippen molar-refractivity contribution in [1.82, 2.24) is 15.1 Å². The summed E-state index contributed by atoms with van der Waals surface area (Å²) in [6.07, 6.45) is 3.36. The van der Waals surface area contributed by atoms with Gasteiger partial charge in [0.1, 0.15) is 0 Å². The maximum Gasteiger partial charge on any atom is 0.0869 e. The second-order valence-corrected chi connectivity index (χ2v) is 5.70. The van der Waals surface area contributed by atoms with Crippen molar-refractivity contribution in [2.24, 2.45) is 0 Å². The number of hydrogen-bond donors (Lipinski definition) is 2. The minimum absolute atomic E-state index is 0.0212. The monoisotopic (exact) mass is 293 g/mol. The van der Waals surface area contributed by atoms with Crippen LogP contribution in [0, 0.1) is 0 Å². The first-order valence-corrected chi connectivity index (χ1v) is 7.05. The van der Waals surface area contributed by atoms with E-state index < -0.39 is 5.54 Å². The van der Waals surface area contributed by atoms with Crippen LogP contribution >= 0.6 is 11.6 Å². The molecule has 0 aliphatic heterocycles. The van der Waals surface area contributed by atoms with Gasteiger partial charge in [0.15, 0.2) is 0 Å². The molecular weight excluding hydrogens is 274 g/mol. The van der Waals surface area contributed by atoms with E-state index in [1.54, 1.807) is 17.1 Å². The van der Waals surface area contributed by atoms with E-state index in [1.165, 1.54) is 0 Å². The van der Waals surface area contributed by atoms with Crippen LogP contribution in [0.3, 0.4) is 0 Å². The molecule has 2 N–H and O–H groups in total. The zero-order valence-electron chi connectivity index (χ0n) is 11.8. The summed E-state index contributed by atoms with van der Waals surface area (Å²) in [5.74, 6) is 0. The first-order valence-electron chi connectivity index (χ1n) is 6.68. The van der Waals surface area contributed by atoms with Crippen molar-refractivity contribution >= 4 is 11.6 Å². The third kappa shape index (κ3) is 3.39. The molecule has 0 saturated heterocycles. The van der Waals surface area contributed by atoms with Gasteiger partial charge in [-0.15, -0.1) is 0 Å². The van der Waals surface area contributed by atoms with Gasteiger partial charge in [0.25, 0.3) is 0 Å². The lowest BCUT2D eigenvalue weighted by molar-refractivity contribution is 0.129. The van der Waals surface area contributed by atoms with Gasteiger partial charge in [-0.3, -0.25) is 4.68 Å². The zero-order chi connectivity index (χ0) is 14.6. The van der Waals surface area contributed by atoms with E-state index in [9.17, 15) is 5.11 Å². The predicted octanol–water partition coefficient (Wildman–Crippen LogP) is 2.42. The highest BCUT2D eigenvalue weighted by Crippen LogP contribution is 2.24. The van der Waals surface area contributed by atoms with Crippen molar-refractivity contribution in [2.75, 3.05) is 6.61 Å². The Hall–Kier alpha value is -1.36. The van der Waals surface area contributed by atoms with Gasteiger partial charge in [0.2, 0.25) is 0 Å². The molecule has 1 aromatic carbocycles. The lowest BCUT2D eigenvalue weighted by Crippen LogP contribution is -2.51. The van der Waals surface area contributed by atoms with Crippen LogP contribution in [-0.2, 0) is 12.1 Å². The lowest BCUT2D eigenvalue weighted by Gasteiger charge is -2.35. The van der Waals surface area contributed by atoms with E-state index in [1.807, 2.05) is 30.3 Å². The Balaban J connectivity index is 2.37. The first kappa shape index (κ1) is 15.0. The minimum Gasteiger partial charge on any atom is -0.394 e. The van der Waals surface area contributed by atoms with Crippen LogP contribution in [0.2, 0.25) is 5.02 Å². The fourth-order valence-corrected chi connectivity index (χ4v) is 2.57. The van der Waals surface area contributed by atoms with Gasteiger partial charge in [0.05, 0.1) is 29.9 Å². The molecule has 0 radical (unpaired) electrons. The summed E-state index contributed by atoms with van der Waals surface area (Å²) in [6.45, 7) is 4.61. The predicted molar refractivity (Wildman–Crippen MR) is 80.7 cm³/mol. The number of hydrogen-bond acceptors (Lipinski definition) is 3. The summed E-state index contributed by atoms with van der Waals surface area (Å²) < 4.78 is 1.75. The Bertz CT molecular complexity index is 541. The molecule has 1 aromatic heterocycles. The number of benzene rings is 1. The molecule has 108 valence electrons. The van der Waals surface area contributed by atoms with Crippen LogP contribution in [0.1, 0.15) is 19.4 Å². The van der Waals surface area contributed by atoms with Gasteiger partial charge in [-0.2, -0.15) is 5.10 Å². The van der Waals surface area contributed by atoms with Gasteiger partial charge >= 0.3 is 0 Å².